The van der Waals surface area contributed by atoms with Gasteiger partial charge in [0.05, 0.1) is 22.8 Å². The molecule has 1 fully saturated rings. The molecule has 0 radical (unpaired) electrons. The Balaban J connectivity index is 1.41. The third-order valence-corrected chi connectivity index (χ3v) is 9.80. The molecule has 5 rings (SSSR count). The van der Waals surface area contributed by atoms with E-state index in [1.807, 2.05) is 77.1 Å². The van der Waals surface area contributed by atoms with Crippen LogP contribution in [0.3, 0.4) is 0 Å². The zero-order valence-electron chi connectivity index (χ0n) is 27.4. The van der Waals surface area contributed by atoms with E-state index in [1.165, 1.54) is 0 Å². The Morgan fingerprint density at radius 3 is 2.61 bits per heavy atom. The summed E-state index contributed by atoms with van der Waals surface area (Å²) in [5.74, 6) is 1.83. The molecule has 1 saturated heterocycles. The fraction of sp³-hybridized carbons (Fsp3) is 0.429. The molecule has 0 aliphatic carbocycles. The van der Waals surface area contributed by atoms with Gasteiger partial charge in [-0.3, -0.25) is 0 Å². The summed E-state index contributed by atoms with van der Waals surface area (Å²) >= 11 is 0. The lowest BCUT2D eigenvalue weighted by Crippen LogP contribution is -2.50. The molecule has 0 spiro atoms. The number of carbonyl (C=O) groups excluding carboxylic acids is 1. The second kappa shape index (κ2) is 13.6. The number of fused-ring (bicyclic) bond motifs is 1. The van der Waals surface area contributed by atoms with Crippen molar-refractivity contribution in [1.82, 2.24) is 19.9 Å². The number of benzene rings is 2. The monoisotopic (exact) mass is 645 g/mol. The zero-order chi connectivity index (χ0) is 33.1. The fourth-order valence-corrected chi connectivity index (χ4v) is 7.13. The van der Waals surface area contributed by atoms with Crippen LogP contribution in [0.4, 0.5) is 10.7 Å². The van der Waals surface area contributed by atoms with Crippen molar-refractivity contribution in [3.05, 3.63) is 72.1 Å². The first-order valence-corrected chi connectivity index (χ1v) is 17.6. The molecular weight excluding hydrogens is 602 g/mol. The number of hydrogen-bond donors (Lipinski definition) is 1. The van der Waals surface area contributed by atoms with E-state index in [-0.39, 0.29) is 23.6 Å². The van der Waals surface area contributed by atoms with Gasteiger partial charge in [0.15, 0.2) is 9.84 Å². The predicted molar refractivity (Wildman–Crippen MR) is 181 cm³/mol. The van der Waals surface area contributed by atoms with E-state index in [2.05, 4.69) is 22.2 Å². The second-order valence-corrected chi connectivity index (χ2v) is 15.2. The van der Waals surface area contributed by atoms with Crippen molar-refractivity contribution in [1.29, 1.82) is 0 Å². The fourth-order valence-electron chi connectivity index (χ4n) is 5.64. The number of likely N-dealkylation sites (tertiary alicyclic amines) is 1. The predicted octanol–water partition coefficient (Wildman–Crippen LogP) is 7.17. The van der Waals surface area contributed by atoms with Crippen molar-refractivity contribution < 1.29 is 22.7 Å². The van der Waals surface area contributed by atoms with Crippen molar-refractivity contribution in [2.45, 2.75) is 71.8 Å². The molecular formula is C35H43N5O5S. The first-order chi connectivity index (χ1) is 21.8. The molecule has 244 valence electrons. The van der Waals surface area contributed by atoms with E-state index in [0.29, 0.717) is 54.3 Å². The molecule has 4 aromatic rings. The van der Waals surface area contributed by atoms with E-state index >= 15 is 0 Å². The quantitative estimate of drug-likeness (QED) is 0.202. The maximum Gasteiger partial charge on any atom is 0.410 e. The minimum Gasteiger partial charge on any atom is -0.444 e. The Bertz CT molecular complexity index is 1820. The summed E-state index contributed by atoms with van der Waals surface area (Å²) in [5.41, 5.74) is 2.37. The summed E-state index contributed by atoms with van der Waals surface area (Å²) in [6, 6.07) is 15.0. The van der Waals surface area contributed by atoms with E-state index in [0.717, 1.165) is 28.3 Å². The van der Waals surface area contributed by atoms with E-state index in [1.54, 1.807) is 23.4 Å². The summed E-state index contributed by atoms with van der Waals surface area (Å²) in [6.07, 6.45) is 4.43. The minimum absolute atomic E-state index is 0.0264. The van der Waals surface area contributed by atoms with Gasteiger partial charge in [0.2, 0.25) is 11.8 Å². The number of anilines is 1. The molecule has 2 unspecified atom stereocenters. The maximum absolute atomic E-state index is 12.8. The lowest BCUT2D eigenvalue weighted by atomic mass is 9.94. The SMILES string of the molecule is CCCS(=O)(=O)Cc1cccc2c(Oc3ncccc3-c3ccnc(NC4CN(C(=O)OC(C)(C)C)CCC4C)n3)c(C)ccc12. The lowest BCUT2D eigenvalue weighted by molar-refractivity contribution is 0.0176. The highest BCUT2D eigenvalue weighted by atomic mass is 32.2. The summed E-state index contributed by atoms with van der Waals surface area (Å²) in [7, 11) is -3.23. The number of nitrogens with zero attached hydrogens (tertiary/aromatic N) is 4. The van der Waals surface area contributed by atoms with Gasteiger partial charge in [-0.25, -0.2) is 28.2 Å². The summed E-state index contributed by atoms with van der Waals surface area (Å²) < 4.78 is 37.5. The van der Waals surface area contributed by atoms with Gasteiger partial charge in [-0.05, 0) is 81.2 Å². The van der Waals surface area contributed by atoms with Gasteiger partial charge in [-0.15, -0.1) is 0 Å². The molecule has 10 nitrogen and oxygen atoms in total. The number of rotatable bonds is 9. The van der Waals surface area contributed by atoms with Crippen molar-refractivity contribution >= 4 is 32.7 Å². The Hall–Kier alpha value is -4.25. The number of aryl methyl sites for hydroxylation is 1. The first kappa shape index (κ1) is 33.1. The van der Waals surface area contributed by atoms with Crippen molar-refractivity contribution in [2.75, 3.05) is 24.2 Å². The topological polar surface area (TPSA) is 124 Å². The number of ether oxygens (including phenoxy) is 2. The van der Waals surface area contributed by atoms with E-state index in [9.17, 15) is 13.2 Å². The molecule has 11 heteroatoms. The van der Waals surface area contributed by atoms with Crippen molar-refractivity contribution in [3.8, 4) is 22.9 Å². The number of pyridine rings is 1. The number of aromatic nitrogens is 3. The molecule has 1 N–H and O–H groups in total. The number of nitrogens with one attached hydrogen (secondary N) is 1. The van der Waals surface area contributed by atoms with Gasteiger partial charge >= 0.3 is 6.09 Å². The van der Waals surface area contributed by atoms with Crippen LogP contribution in [-0.2, 0) is 20.3 Å². The van der Waals surface area contributed by atoms with Crippen LogP contribution in [0.25, 0.3) is 22.0 Å². The first-order valence-electron chi connectivity index (χ1n) is 15.8. The molecule has 2 aromatic carbocycles. The highest BCUT2D eigenvalue weighted by molar-refractivity contribution is 7.90. The van der Waals surface area contributed by atoms with Gasteiger partial charge in [-0.2, -0.15) is 0 Å². The van der Waals surface area contributed by atoms with Crippen LogP contribution in [0.1, 0.15) is 58.6 Å². The maximum atomic E-state index is 12.8. The Labute approximate surface area is 271 Å². The average molecular weight is 646 g/mol. The minimum atomic E-state index is -3.23. The summed E-state index contributed by atoms with van der Waals surface area (Å²) in [4.78, 5) is 28.3. The largest absolute Gasteiger partial charge is 0.444 e. The second-order valence-electron chi connectivity index (χ2n) is 13.0. The van der Waals surface area contributed by atoms with Gasteiger partial charge in [-0.1, -0.05) is 44.2 Å². The molecule has 1 amide bonds. The molecule has 1 aliphatic rings. The van der Waals surface area contributed by atoms with Crippen LogP contribution in [0, 0.1) is 12.8 Å². The molecule has 2 aromatic heterocycles. The number of sulfone groups is 1. The van der Waals surface area contributed by atoms with Crippen LogP contribution >= 0.6 is 0 Å². The van der Waals surface area contributed by atoms with Crippen LogP contribution in [-0.4, -0.2) is 64.8 Å². The normalized spacial score (nSPS) is 17.1. The molecule has 46 heavy (non-hydrogen) atoms. The van der Waals surface area contributed by atoms with Gasteiger partial charge in [0, 0.05) is 36.9 Å². The zero-order valence-corrected chi connectivity index (χ0v) is 28.2. The molecule has 3 heterocycles. The van der Waals surface area contributed by atoms with Crippen LogP contribution in [0.15, 0.2) is 60.9 Å². The molecule has 1 aliphatic heterocycles. The highest BCUT2D eigenvalue weighted by Gasteiger charge is 2.32. The third kappa shape index (κ3) is 7.93. The lowest BCUT2D eigenvalue weighted by Gasteiger charge is -2.38. The molecule has 0 saturated carbocycles. The van der Waals surface area contributed by atoms with Crippen molar-refractivity contribution in [2.24, 2.45) is 5.92 Å². The standard InChI is InChI=1S/C35H43N5O5S/c1-7-20-46(42,43)22-25-10-8-11-27-26(25)14-13-24(3)31(27)44-32-28(12-9-17-36-32)29-15-18-37-33(38-29)39-30-21-40(19-16-23(30)2)34(41)45-35(4,5)6/h8-15,17-18,23,30H,7,16,19-22H2,1-6H3,(H,37,38,39). The van der Waals surface area contributed by atoms with Gasteiger partial charge in [0.1, 0.15) is 11.4 Å². The third-order valence-electron chi connectivity index (χ3n) is 8.02. The summed E-state index contributed by atoms with van der Waals surface area (Å²) in [6.45, 7) is 12.7. The van der Waals surface area contributed by atoms with Gasteiger partial charge < -0.3 is 19.7 Å². The average Bonchev–Trinajstić information content (AvgIpc) is 2.99. The van der Waals surface area contributed by atoms with E-state index < -0.39 is 15.4 Å². The van der Waals surface area contributed by atoms with Crippen LogP contribution < -0.4 is 10.1 Å². The van der Waals surface area contributed by atoms with Crippen LogP contribution in [0.5, 0.6) is 11.6 Å². The summed E-state index contributed by atoms with van der Waals surface area (Å²) in [5, 5.41) is 5.08. The van der Waals surface area contributed by atoms with Crippen molar-refractivity contribution in [3.63, 3.8) is 0 Å². The number of hydrogen-bond acceptors (Lipinski definition) is 9. The Morgan fingerprint density at radius 1 is 1.04 bits per heavy atom. The highest BCUT2D eigenvalue weighted by Crippen LogP contribution is 2.38. The smallest absolute Gasteiger partial charge is 0.410 e. The number of piperidine rings is 1. The Morgan fingerprint density at radius 2 is 1.85 bits per heavy atom. The van der Waals surface area contributed by atoms with Crippen LogP contribution in [0.2, 0.25) is 0 Å². The van der Waals surface area contributed by atoms with E-state index in [4.69, 9.17) is 14.5 Å². The van der Waals surface area contributed by atoms with Gasteiger partial charge in [0.25, 0.3) is 0 Å². The number of carbonyl (C=O) groups is 1. The molecule has 2 atom stereocenters. The number of amides is 1. The molecule has 0 bridgehead atoms. The Kier molecular flexibility index (Phi) is 9.81.